The predicted molar refractivity (Wildman–Crippen MR) is 126 cm³/mol. The Hall–Kier alpha value is -4.19. The number of methoxy groups -OCH3 is 2. The van der Waals surface area contributed by atoms with Gasteiger partial charge in [0.05, 0.1) is 19.9 Å². The van der Waals surface area contributed by atoms with Crippen LogP contribution in [0.4, 0.5) is 0 Å². The molecule has 166 valence electrons. The summed E-state index contributed by atoms with van der Waals surface area (Å²) < 4.78 is 11.4. The van der Waals surface area contributed by atoms with E-state index in [2.05, 4.69) is 36.3 Å². The average molecular weight is 440 g/mol. The van der Waals surface area contributed by atoms with Gasteiger partial charge < -0.3 is 9.47 Å². The van der Waals surface area contributed by atoms with Crippen LogP contribution >= 0.6 is 0 Å². The van der Waals surface area contributed by atoms with E-state index >= 15 is 0 Å². The standard InChI is InChI=1S/C27H24N2O4/c1-4-18-10-12-19(13-11-18)20-14-16-21(17-15-20)24-23(26(30)32-2)25(27(31)33-3)29(28-24)22-8-6-5-7-9-22/h5-17H,4H2,1-3H3. The van der Waals surface area contributed by atoms with E-state index in [1.807, 2.05) is 42.5 Å². The van der Waals surface area contributed by atoms with Gasteiger partial charge in [-0.25, -0.2) is 14.3 Å². The lowest BCUT2D eigenvalue weighted by atomic mass is 9.99. The largest absolute Gasteiger partial charge is 0.465 e. The van der Waals surface area contributed by atoms with Crippen LogP contribution in [0.15, 0.2) is 78.9 Å². The van der Waals surface area contributed by atoms with Gasteiger partial charge in [-0.3, -0.25) is 0 Å². The zero-order chi connectivity index (χ0) is 23.4. The average Bonchev–Trinajstić information content (AvgIpc) is 3.29. The Labute approximate surface area is 192 Å². The normalized spacial score (nSPS) is 10.6. The first kappa shape index (κ1) is 22.0. The van der Waals surface area contributed by atoms with Crippen LogP contribution in [0.5, 0.6) is 0 Å². The highest BCUT2D eigenvalue weighted by Crippen LogP contribution is 2.31. The zero-order valence-electron chi connectivity index (χ0n) is 18.7. The maximum atomic E-state index is 12.8. The summed E-state index contributed by atoms with van der Waals surface area (Å²) in [5, 5.41) is 4.63. The van der Waals surface area contributed by atoms with E-state index in [1.165, 1.54) is 24.5 Å². The molecule has 0 bridgehead atoms. The smallest absolute Gasteiger partial charge is 0.357 e. The van der Waals surface area contributed by atoms with E-state index in [4.69, 9.17) is 9.47 Å². The SMILES string of the molecule is CCc1ccc(-c2ccc(-c3nn(-c4ccccc4)c(C(=O)OC)c3C(=O)OC)cc2)cc1. The van der Waals surface area contributed by atoms with E-state index in [0.717, 1.165) is 17.5 Å². The second-order valence-electron chi connectivity index (χ2n) is 7.43. The molecule has 0 spiro atoms. The second kappa shape index (κ2) is 9.53. The molecule has 4 aromatic rings. The summed E-state index contributed by atoms with van der Waals surface area (Å²) in [4.78, 5) is 25.5. The summed E-state index contributed by atoms with van der Waals surface area (Å²) in [6.07, 6.45) is 0.988. The molecule has 0 aliphatic heterocycles. The zero-order valence-corrected chi connectivity index (χ0v) is 18.7. The molecule has 0 amide bonds. The Bertz CT molecular complexity index is 1270. The van der Waals surface area contributed by atoms with E-state index < -0.39 is 11.9 Å². The molecule has 1 aromatic heterocycles. The molecule has 0 saturated heterocycles. The van der Waals surface area contributed by atoms with E-state index in [-0.39, 0.29) is 11.3 Å². The Kier molecular flexibility index (Phi) is 6.36. The molecule has 1 heterocycles. The number of aryl methyl sites for hydroxylation is 1. The minimum Gasteiger partial charge on any atom is -0.465 e. The van der Waals surface area contributed by atoms with Crippen molar-refractivity contribution in [3.8, 4) is 28.1 Å². The van der Waals surface area contributed by atoms with Crippen molar-refractivity contribution in [2.45, 2.75) is 13.3 Å². The fourth-order valence-electron chi connectivity index (χ4n) is 3.71. The fourth-order valence-corrected chi connectivity index (χ4v) is 3.71. The van der Waals surface area contributed by atoms with Crippen molar-refractivity contribution >= 4 is 11.9 Å². The molecule has 33 heavy (non-hydrogen) atoms. The quantitative estimate of drug-likeness (QED) is 0.379. The number of carbonyl (C=O) groups is 2. The Balaban J connectivity index is 1.85. The molecule has 0 aliphatic carbocycles. The van der Waals surface area contributed by atoms with Gasteiger partial charge >= 0.3 is 11.9 Å². The molecule has 6 heteroatoms. The van der Waals surface area contributed by atoms with Gasteiger partial charge in [0.15, 0.2) is 5.69 Å². The number of hydrogen-bond acceptors (Lipinski definition) is 5. The maximum Gasteiger partial charge on any atom is 0.357 e. The Morgan fingerprint density at radius 2 is 1.30 bits per heavy atom. The number of nitrogens with zero attached hydrogens (tertiary/aromatic N) is 2. The van der Waals surface area contributed by atoms with Crippen LogP contribution in [0.1, 0.15) is 33.3 Å². The van der Waals surface area contributed by atoms with Crippen molar-refractivity contribution in [3.63, 3.8) is 0 Å². The lowest BCUT2D eigenvalue weighted by Crippen LogP contribution is -2.15. The summed E-state index contributed by atoms with van der Waals surface area (Å²) in [7, 11) is 2.54. The molecule has 0 radical (unpaired) electrons. The van der Waals surface area contributed by atoms with Crippen molar-refractivity contribution in [3.05, 3.63) is 95.7 Å². The van der Waals surface area contributed by atoms with E-state index in [9.17, 15) is 9.59 Å². The highest BCUT2D eigenvalue weighted by molar-refractivity contribution is 6.06. The van der Waals surface area contributed by atoms with Gasteiger partial charge in [-0.1, -0.05) is 73.7 Å². The van der Waals surface area contributed by atoms with Crippen LogP contribution in [0.3, 0.4) is 0 Å². The van der Waals surface area contributed by atoms with Crippen molar-refractivity contribution in [2.24, 2.45) is 0 Å². The molecule has 0 saturated carbocycles. The number of aromatic nitrogens is 2. The molecule has 0 unspecified atom stereocenters. The third-order valence-electron chi connectivity index (χ3n) is 5.51. The highest BCUT2D eigenvalue weighted by Gasteiger charge is 2.31. The van der Waals surface area contributed by atoms with Crippen LogP contribution in [0.25, 0.3) is 28.1 Å². The summed E-state index contributed by atoms with van der Waals surface area (Å²) in [5.41, 5.74) is 5.15. The van der Waals surface area contributed by atoms with Gasteiger partial charge in [-0.05, 0) is 35.2 Å². The van der Waals surface area contributed by atoms with Crippen molar-refractivity contribution in [1.82, 2.24) is 9.78 Å². The highest BCUT2D eigenvalue weighted by atomic mass is 16.5. The fraction of sp³-hybridized carbons (Fsp3) is 0.148. The number of ether oxygens (including phenoxy) is 2. The monoisotopic (exact) mass is 440 g/mol. The van der Waals surface area contributed by atoms with Gasteiger partial charge in [0, 0.05) is 5.56 Å². The van der Waals surface area contributed by atoms with Crippen molar-refractivity contribution in [1.29, 1.82) is 0 Å². The van der Waals surface area contributed by atoms with Crippen molar-refractivity contribution < 1.29 is 19.1 Å². The van der Waals surface area contributed by atoms with E-state index in [1.54, 1.807) is 12.1 Å². The van der Waals surface area contributed by atoms with E-state index in [0.29, 0.717) is 16.9 Å². The van der Waals surface area contributed by atoms with Gasteiger partial charge in [-0.2, -0.15) is 5.10 Å². The molecule has 0 fully saturated rings. The Morgan fingerprint density at radius 1 is 0.758 bits per heavy atom. The molecule has 4 rings (SSSR count). The Morgan fingerprint density at radius 3 is 1.85 bits per heavy atom. The first-order chi connectivity index (χ1) is 16.1. The van der Waals surface area contributed by atoms with Crippen LogP contribution in [-0.2, 0) is 15.9 Å². The third-order valence-corrected chi connectivity index (χ3v) is 5.51. The van der Waals surface area contributed by atoms with Crippen LogP contribution in [0, 0.1) is 0 Å². The minimum atomic E-state index is -0.675. The summed E-state index contributed by atoms with van der Waals surface area (Å²) >= 11 is 0. The van der Waals surface area contributed by atoms with Gasteiger partial charge in [0.25, 0.3) is 0 Å². The van der Waals surface area contributed by atoms with Crippen molar-refractivity contribution in [2.75, 3.05) is 14.2 Å². The van der Waals surface area contributed by atoms with Gasteiger partial charge in [-0.15, -0.1) is 0 Å². The molecular formula is C27H24N2O4. The first-order valence-electron chi connectivity index (χ1n) is 10.6. The van der Waals surface area contributed by atoms with Gasteiger partial charge in [0.2, 0.25) is 0 Å². The molecule has 0 aliphatic rings. The lowest BCUT2D eigenvalue weighted by molar-refractivity contribution is 0.0549. The maximum absolute atomic E-state index is 12.8. The summed E-state index contributed by atoms with van der Waals surface area (Å²) in [5.74, 6) is -1.34. The minimum absolute atomic E-state index is 0.0183. The molecule has 0 atom stereocenters. The number of rotatable bonds is 6. The van der Waals surface area contributed by atoms with Crippen LogP contribution in [0.2, 0.25) is 0 Å². The first-order valence-corrected chi connectivity index (χ1v) is 10.6. The predicted octanol–water partition coefficient (Wildman–Crippen LogP) is 5.34. The third kappa shape index (κ3) is 4.28. The van der Waals surface area contributed by atoms with Crippen LogP contribution in [-0.4, -0.2) is 35.9 Å². The number of esters is 2. The lowest BCUT2D eigenvalue weighted by Gasteiger charge is -2.07. The molecular weight excluding hydrogens is 416 g/mol. The summed E-state index contributed by atoms with van der Waals surface area (Å²) in [6.45, 7) is 2.12. The topological polar surface area (TPSA) is 70.4 Å². The molecule has 3 aromatic carbocycles. The van der Waals surface area contributed by atoms with Gasteiger partial charge in [0.1, 0.15) is 11.3 Å². The number of carbonyl (C=O) groups excluding carboxylic acids is 2. The molecule has 0 N–H and O–H groups in total. The summed E-state index contributed by atoms with van der Waals surface area (Å²) in [6, 6.07) is 25.2. The molecule has 6 nitrogen and oxygen atoms in total. The number of benzene rings is 3. The second-order valence-corrected chi connectivity index (χ2v) is 7.43. The number of hydrogen-bond donors (Lipinski definition) is 0. The number of para-hydroxylation sites is 1. The van der Waals surface area contributed by atoms with Crippen LogP contribution < -0.4 is 0 Å².